The largest absolute Gasteiger partial charge is 0.481 e. The smallest absolute Gasteiger partial charge is 0.326 e. The van der Waals surface area contributed by atoms with Crippen molar-refractivity contribution >= 4 is 29.5 Å². The molecular formula is C19H32N2O7. The number of carboxylic acids is 2. The third-order valence-electron chi connectivity index (χ3n) is 4.60. The van der Waals surface area contributed by atoms with Crippen LogP contribution >= 0.6 is 0 Å². The van der Waals surface area contributed by atoms with Gasteiger partial charge in [0, 0.05) is 25.3 Å². The molecule has 0 aromatic carbocycles. The molecule has 9 heteroatoms. The van der Waals surface area contributed by atoms with Crippen LogP contribution in [0.2, 0.25) is 0 Å². The van der Waals surface area contributed by atoms with Gasteiger partial charge in [-0.1, -0.05) is 20.3 Å². The molecule has 0 saturated heterocycles. The Labute approximate surface area is 165 Å². The summed E-state index contributed by atoms with van der Waals surface area (Å²) in [6.07, 6.45) is 2.21. The van der Waals surface area contributed by atoms with Crippen molar-refractivity contribution in [3.8, 4) is 0 Å². The van der Waals surface area contributed by atoms with Crippen molar-refractivity contribution < 1.29 is 34.2 Å². The normalized spacial score (nSPS) is 13.8. The number of unbranched alkanes of at least 4 members (excludes halogenated alkanes) is 1. The number of aliphatic carboxylic acids is 2. The van der Waals surface area contributed by atoms with Crippen molar-refractivity contribution in [3.05, 3.63) is 0 Å². The fourth-order valence-electron chi connectivity index (χ4n) is 2.37. The maximum Gasteiger partial charge on any atom is 0.326 e. The van der Waals surface area contributed by atoms with Gasteiger partial charge in [0.25, 0.3) is 0 Å². The van der Waals surface area contributed by atoms with E-state index >= 15 is 0 Å². The monoisotopic (exact) mass is 400 g/mol. The second-order valence-corrected chi connectivity index (χ2v) is 7.13. The van der Waals surface area contributed by atoms with Crippen LogP contribution in [0.4, 0.5) is 0 Å². The number of Topliss-reactive ketones (excluding diaryl/α,β-unsaturated/α-hetero) is 1. The fraction of sp³-hybridized carbons (Fsp3) is 0.737. The zero-order chi connectivity index (χ0) is 21.7. The van der Waals surface area contributed by atoms with E-state index in [9.17, 15) is 29.1 Å². The predicted molar refractivity (Wildman–Crippen MR) is 102 cm³/mol. The molecule has 0 aliphatic rings. The molecule has 0 fully saturated rings. The van der Waals surface area contributed by atoms with Crippen molar-refractivity contribution in [1.29, 1.82) is 0 Å². The third-order valence-corrected chi connectivity index (χ3v) is 4.60. The second kappa shape index (κ2) is 13.7. The summed E-state index contributed by atoms with van der Waals surface area (Å²) in [5, 5.41) is 23.0. The van der Waals surface area contributed by atoms with Crippen LogP contribution in [0.5, 0.6) is 0 Å². The average molecular weight is 400 g/mol. The van der Waals surface area contributed by atoms with Crippen LogP contribution in [0.15, 0.2) is 0 Å². The Kier molecular flexibility index (Phi) is 12.5. The zero-order valence-corrected chi connectivity index (χ0v) is 16.8. The van der Waals surface area contributed by atoms with E-state index in [4.69, 9.17) is 5.11 Å². The Balaban J connectivity index is 4.12. The Morgan fingerprint density at radius 3 is 1.93 bits per heavy atom. The van der Waals surface area contributed by atoms with Gasteiger partial charge in [-0.15, -0.1) is 0 Å². The van der Waals surface area contributed by atoms with Crippen molar-refractivity contribution in [3.63, 3.8) is 0 Å². The quantitative estimate of drug-likeness (QED) is 0.303. The summed E-state index contributed by atoms with van der Waals surface area (Å²) in [6, 6.07) is -1.20. The maximum absolute atomic E-state index is 11.8. The van der Waals surface area contributed by atoms with Gasteiger partial charge in [-0.25, -0.2) is 4.79 Å². The summed E-state index contributed by atoms with van der Waals surface area (Å²) in [6.45, 7) is 5.33. The lowest BCUT2D eigenvalue weighted by Crippen LogP contribution is -2.41. The Morgan fingerprint density at radius 1 is 0.786 bits per heavy atom. The number of carbonyl (C=O) groups is 5. The molecule has 4 N–H and O–H groups in total. The van der Waals surface area contributed by atoms with Gasteiger partial charge in [-0.05, 0) is 32.6 Å². The summed E-state index contributed by atoms with van der Waals surface area (Å²) < 4.78 is 0. The predicted octanol–water partition coefficient (Wildman–Crippen LogP) is 1.35. The zero-order valence-electron chi connectivity index (χ0n) is 16.8. The van der Waals surface area contributed by atoms with Crippen LogP contribution in [0, 0.1) is 11.8 Å². The highest BCUT2D eigenvalue weighted by molar-refractivity contribution is 5.84. The van der Waals surface area contributed by atoms with Gasteiger partial charge in [0.1, 0.15) is 11.8 Å². The minimum atomic E-state index is -1.24. The van der Waals surface area contributed by atoms with E-state index in [2.05, 4.69) is 10.6 Å². The first-order valence-corrected chi connectivity index (χ1v) is 9.56. The standard InChI is InChI=1S/C19H32N2O7/c1-12(14(3)22)6-4-5-11-20-16(23)10-8-15(19(27)28)21-17(24)9-7-13(2)18(25)26/h12-13,15H,4-11H2,1-3H3,(H,20,23)(H,21,24)(H,25,26)(H,27,28)/t12-,13-,15-/m0/s1. The SMILES string of the molecule is CC(=O)[C@@H](C)CCCCNC(=O)CC[C@H](NC(=O)CC[C@H](C)C(=O)O)C(=O)O. The summed E-state index contributed by atoms with van der Waals surface area (Å²) in [5.74, 6) is -3.67. The summed E-state index contributed by atoms with van der Waals surface area (Å²) in [4.78, 5) is 56.7. The van der Waals surface area contributed by atoms with E-state index in [1.807, 2.05) is 6.92 Å². The number of rotatable bonds is 15. The van der Waals surface area contributed by atoms with Crippen molar-refractivity contribution in [2.24, 2.45) is 11.8 Å². The van der Waals surface area contributed by atoms with Crippen molar-refractivity contribution in [2.45, 2.75) is 71.8 Å². The maximum atomic E-state index is 11.8. The van der Waals surface area contributed by atoms with Crippen molar-refractivity contribution in [2.75, 3.05) is 6.54 Å². The molecule has 0 aromatic heterocycles. The van der Waals surface area contributed by atoms with E-state index in [1.54, 1.807) is 6.92 Å². The molecule has 2 amide bonds. The van der Waals surface area contributed by atoms with Gasteiger partial charge in [-0.3, -0.25) is 19.2 Å². The highest BCUT2D eigenvalue weighted by Gasteiger charge is 2.22. The first-order chi connectivity index (χ1) is 13.0. The summed E-state index contributed by atoms with van der Waals surface area (Å²) >= 11 is 0. The molecule has 3 atom stereocenters. The number of hydrogen-bond donors (Lipinski definition) is 4. The molecule has 0 heterocycles. The van der Waals surface area contributed by atoms with E-state index < -0.39 is 29.8 Å². The minimum Gasteiger partial charge on any atom is -0.481 e. The molecule has 0 radical (unpaired) electrons. The first kappa shape index (κ1) is 25.6. The van der Waals surface area contributed by atoms with Crippen LogP contribution in [0.25, 0.3) is 0 Å². The molecule has 28 heavy (non-hydrogen) atoms. The molecule has 0 rings (SSSR count). The first-order valence-electron chi connectivity index (χ1n) is 9.56. The fourth-order valence-corrected chi connectivity index (χ4v) is 2.37. The van der Waals surface area contributed by atoms with Crippen LogP contribution in [0.1, 0.15) is 65.7 Å². The number of carbonyl (C=O) groups excluding carboxylic acids is 3. The van der Waals surface area contributed by atoms with Gasteiger partial charge in [0.15, 0.2) is 0 Å². The number of nitrogens with one attached hydrogen (secondary N) is 2. The van der Waals surface area contributed by atoms with Crippen LogP contribution in [0.3, 0.4) is 0 Å². The molecular weight excluding hydrogens is 368 g/mol. The molecule has 0 unspecified atom stereocenters. The van der Waals surface area contributed by atoms with Gasteiger partial charge < -0.3 is 20.8 Å². The minimum absolute atomic E-state index is 0.00845. The molecule has 0 aliphatic carbocycles. The van der Waals surface area contributed by atoms with Gasteiger partial charge >= 0.3 is 11.9 Å². The Hall–Kier alpha value is -2.45. The molecule has 9 nitrogen and oxygen atoms in total. The van der Waals surface area contributed by atoms with Gasteiger partial charge in [0.2, 0.25) is 11.8 Å². The lowest BCUT2D eigenvalue weighted by Gasteiger charge is -2.15. The highest BCUT2D eigenvalue weighted by Crippen LogP contribution is 2.08. The van der Waals surface area contributed by atoms with E-state index in [-0.39, 0.29) is 43.3 Å². The van der Waals surface area contributed by atoms with Gasteiger partial charge in [-0.2, -0.15) is 0 Å². The lowest BCUT2D eigenvalue weighted by molar-refractivity contribution is -0.143. The molecule has 0 aromatic rings. The van der Waals surface area contributed by atoms with E-state index in [0.29, 0.717) is 6.54 Å². The second-order valence-electron chi connectivity index (χ2n) is 7.13. The van der Waals surface area contributed by atoms with E-state index in [1.165, 1.54) is 6.92 Å². The van der Waals surface area contributed by atoms with E-state index in [0.717, 1.165) is 19.3 Å². The topological polar surface area (TPSA) is 150 Å². The Morgan fingerprint density at radius 2 is 1.39 bits per heavy atom. The lowest BCUT2D eigenvalue weighted by atomic mass is 10.0. The average Bonchev–Trinajstić information content (AvgIpc) is 2.61. The molecule has 0 spiro atoms. The summed E-state index contributed by atoms with van der Waals surface area (Å²) in [7, 11) is 0. The van der Waals surface area contributed by atoms with Crippen LogP contribution in [-0.4, -0.2) is 52.3 Å². The summed E-state index contributed by atoms with van der Waals surface area (Å²) in [5.41, 5.74) is 0. The molecule has 0 saturated carbocycles. The number of hydrogen-bond acceptors (Lipinski definition) is 5. The highest BCUT2D eigenvalue weighted by atomic mass is 16.4. The van der Waals surface area contributed by atoms with Crippen LogP contribution in [-0.2, 0) is 24.0 Å². The third kappa shape index (κ3) is 12.0. The number of amides is 2. The molecule has 0 aliphatic heterocycles. The Bertz CT molecular complexity index is 562. The van der Waals surface area contributed by atoms with Gasteiger partial charge in [0.05, 0.1) is 5.92 Å². The molecule has 0 bridgehead atoms. The van der Waals surface area contributed by atoms with Crippen LogP contribution < -0.4 is 10.6 Å². The molecule has 160 valence electrons. The van der Waals surface area contributed by atoms with Crippen molar-refractivity contribution in [1.82, 2.24) is 10.6 Å². The number of carboxylic acid groups (broad SMARTS) is 2. The number of ketones is 1.